The van der Waals surface area contributed by atoms with Crippen LogP contribution in [0.2, 0.25) is 0 Å². The van der Waals surface area contributed by atoms with E-state index >= 15 is 0 Å². The van der Waals surface area contributed by atoms with Crippen LogP contribution >= 0.6 is 0 Å². The maximum Gasteiger partial charge on any atom is 0.240 e. The first-order valence-electron chi connectivity index (χ1n) is 6.01. The Balaban J connectivity index is 2.42. The van der Waals surface area contributed by atoms with Gasteiger partial charge >= 0.3 is 0 Å². The van der Waals surface area contributed by atoms with E-state index in [0.29, 0.717) is 6.04 Å². The SMILES string of the molecule is CN(CC(=O)NC1CC1)C(=O)[C@H](N)C(C)(C)C. The van der Waals surface area contributed by atoms with E-state index in [4.69, 9.17) is 5.73 Å². The standard InChI is InChI=1S/C12H23N3O2/c1-12(2,3)10(13)11(17)15(4)7-9(16)14-8-5-6-8/h8,10H,5-7,13H2,1-4H3,(H,14,16)/t10-/m0/s1. The fourth-order valence-electron chi connectivity index (χ4n) is 1.40. The number of nitrogens with two attached hydrogens (primary N) is 1. The Morgan fingerprint density at radius 3 is 2.35 bits per heavy atom. The maximum atomic E-state index is 11.9. The number of hydrogen-bond donors (Lipinski definition) is 2. The van der Waals surface area contributed by atoms with Gasteiger partial charge < -0.3 is 16.0 Å². The molecule has 0 spiro atoms. The van der Waals surface area contributed by atoms with Gasteiger partial charge in [-0.15, -0.1) is 0 Å². The second-order valence-electron chi connectivity index (χ2n) is 5.88. The Morgan fingerprint density at radius 1 is 1.41 bits per heavy atom. The lowest BCUT2D eigenvalue weighted by Gasteiger charge is -2.29. The molecule has 2 amide bonds. The molecule has 0 heterocycles. The summed E-state index contributed by atoms with van der Waals surface area (Å²) in [5.74, 6) is -0.298. The van der Waals surface area contributed by atoms with Crippen LogP contribution < -0.4 is 11.1 Å². The van der Waals surface area contributed by atoms with E-state index in [9.17, 15) is 9.59 Å². The number of rotatable bonds is 4. The molecule has 0 aromatic rings. The molecule has 3 N–H and O–H groups in total. The van der Waals surface area contributed by atoms with Crippen molar-refractivity contribution in [3.8, 4) is 0 Å². The van der Waals surface area contributed by atoms with Crippen molar-refractivity contribution in [2.75, 3.05) is 13.6 Å². The van der Waals surface area contributed by atoms with Gasteiger partial charge in [0.2, 0.25) is 11.8 Å². The second-order valence-corrected chi connectivity index (χ2v) is 5.88. The molecule has 1 saturated carbocycles. The molecule has 17 heavy (non-hydrogen) atoms. The first-order valence-corrected chi connectivity index (χ1v) is 6.01. The van der Waals surface area contributed by atoms with Crippen molar-refractivity contribution >= 4 is 11.8 Å². The van der Waals surface area contributed by atoms with Crippen LogP contribution in [0.5, 0.6) is 0 Å². The zero-order valence-corrected chi connectivity index (χ0v) is 11.1. The van der Waals surface area contributed by atoms with Crippen LogP contribution in [0.25, 0.3) is 0 Å². The molecule has 1 aliphatic rings. The van der Waals surface area contributed by atoms with Crippen molar-refractivity contribution in [2.45, 2.75) is 45.7 Å². The van der Waals surface area contributed by atoms with Crippen LogP contribution in [0.15, 0.2) is 0 Å². The Kier molecular flexibility index (Phi) is 4.14. The summed E-state index contributed by atoms with van der Waals surface area (Å²) < 4.78 is 0. The largest absolute Gasteiger partial charge is 0.352 e. The molecule has 1 rings (SSSR count). The average Bonchev–Trinajstić information content (AvgIpc) is 2.97. The van der Waals surface area contributed by atoms with E-state index < -0.39 is 6.04 Å². The second kappa shape index (κ2) is 5.04. The first kappa shape index (κ1) is 14.0. The highest BCUT2D eigenvalue weighted by Crippen LogP contribution is 2.19. The van der Waals surface area contributed by atoms with Crippen molar-refractivity contribution in [1.82, 2.24) is 10.2 Å². The molecule has 0 radical (unpaired) electrons. The third-order valence-electron chi connectivity index (χ3n) is 2.90. The summed E-state index contributed by atoms with van der Waals surface area (Å²) in [5, 5.41) is 2.84. The van der Waals surface area contributed by atoms with Gasteiger partial charge in [0.25, 0.3) is 0 Å². The highest BCUT2D eigenvalue weighted by Gasteiger charge is 2.31. The zero-order valence-electron chi connectivity index (χ0n) is 11.1. The molecule has 0 aromatic carbocycles. The first-order chi connectivity index (χ1) is 7.71. The van der Waals surface area contributed by atoms with E-state index in [2.05, 4.69) is 5.32 Å². The molecule has 98 valence electrons. The number of carbonyl (C=O) groups is 2. The minimum absolute atomic E-state index is 0.0825. The fraction of sp³-hybridized carbons (Fsp3) is 0.833. The highest BCUT2D eigenvalue weighted by atomic mass is 16.2. The van der Waals surface area contributed by atoms with E-state index in [0.717, 1.165) is 12.8 Å². The van der Waals surface area contributed by atoms with Gasteiger partial charge in [-0.3, -0.25) is 9.59 Å². The predicted octanol–water partition coefficient (Wildman–Crippen LogP) is 0.0968. The molecular weight excluding hydrogens is 218 g/mol. The van der Waals surface area contributed by atoms with E-state index in [-0.39, 0.29) is 23.8 Å². The lowest BCUT2D eigenvalue weighted by atomic mass is 9.86. The third kappa shape index (κ3) is 4.34. The number of hydrogen-bond acceptors (Lipinski definition) is 3. The molecule has 1 aliphatic carbocycles. The Labute approximate surface area is 103 Å². The maximum absolute atomic E-state index is 11.9. The van der Waals surface area contributed by atoms with Gasteiger partial charge in [0, 0.05) is 13.1 Å². The number of carbonyl (C=O) groups excluding carboxylic acids is 2. The lowest BCUT2D eigenvalue weighted by Crippen LogP contribution is -2.51. The molecule has 0 aromatic heterocycles. The molecule has 1 fully saturated rings. The van der Waals surface area contributed by atoms with Crippen molar-refractivity contribution in [3.63, 3.8) is 0 Å². The van der Waals surface area contributed by atoms with E-state index in [1.807, 2.05) is 20.8 Å². The van der Waals surface area contributed by atoms with E-state index in [1.165, 1.54) is 4.90 Å². The number of nitrogens with one attached hydrogen (secondary N) is 1. The molecular formula is C12H23N3O2. The summed E-state index contributed by atoms with van der Waals surface area (Å²) in [5.41, 5.74) is 5.57. The van der Waals surface area contributed by atoms with Crippen LogP contribution in [0.1, 0.15) is 33.6 Å². The van der Waals surface area contributed by atoms with Crippen LogP contribution in [0, 0.1) is 5.41 Å². The molecule has 0 saturated heterocycles. The fourth-order valence-corrected chi connectivity index (χ4v) is 1.40. The summed E-state index contributed by atoms with van der Waals surface area (Å²) in [4.78, 5) is 24.9. The van der Waals surface area contributed by atoms with Crippen LogP contribution in [-0.2, 0) is 9.59 Å². The van der Waals surface area contributed by atoms with Crippen LogP contribution in [0.3, 0.4) is 0 Å². The monoisotopic (exact) mass is 241 g/mol. The molecule has 5 heteroatoms. The number of amides is 2. The minimum Gasteiger partial charge on any atom is -0.352 e. The van der Waals surface area contributed by atoms with Gasteiger partial charge in [-0.1, -0.05) is 20.8 Å². The summed E-state index contributed by atoms with van der Waals surface area (Å²) in [6.07, 6.45) is 2.09. The topological polar surface area (TPSA) is 75.4 Å². The van der Waals surface area contributed by atoms with E-state index in [1.54, 1.807) is 7.05 Å². The Morgan fingerprint density at radius 2 is 1.94 bits per heavy atom. The number of likely N-dealkylation sites (N-methyl/N-ethyl adjacent to an activating group) is 1. The van der Waals surface area contributed by atoms with Crippen LogP contribution in [0.4, 0.5) is 0 Å². The minimum atomic E-state index is -0.582. The lowest BCUT2D eigenvalue weighted by molar-refractivity contribution is -0.137. The Bertz CT molecular complexity index is 305. The highest BCUT2D eigenvalue weighted by molar-refractivity contribution is 5.87. The zero-order chi connectivity index (χ0) is 13.2. The van der Waals surface area contributed by atoms with Gasteiger partial charge in [0.1, 0.15) is 0 Å². The molecule has 0 unspecified atom stereocenters. The average molecular weight is 241 g/mol. The molecule has 1 atom stereocenters. The molecule has 5 nitrogen and oxygen atoms in total. The van der Waals surface area contributed by atoms with Gasteiger partial charge in [-0.05, 0) is 18.3 Å². The van der Waals surface area contributed by atoms with Crippen LogP contribution in [-0.4, -0.2) is 42.4 Å². The van der Waals surface area contributed by atoms with Crippen molar-refractivity contribution in [2.24, 2.45) is 11.1 Å². The van der Waals surface area contributed by atoms with Crippen molar-refractivity contribution < 1.29 is 9.59 Å². The summed E-state index contributed by atoms with van der Waals surface area (Å²) in [6, 6.07) is -0.261. The molecule has 0 aliphatic heterocycles. The summed E-state index contributed by atoms with van der Waals surface area (Å²) in [7, 11) is 1.61. The smallest absolute Gasteiger partial charge is 0.240 e. The predicted molar refractivity (Wildman–Crippen MR) is 66.2 cm³/mol. The quantitative estimate of drug-likeness (QED) is 0.733. The summed E-state index contributed by atoms with van der Waals surface area (Å²) in [6.45, 7) is 5.81. The third-order valence-corrected chi connectivity index (χ3v) is 2.90. The van der Waals surface area contributed by atoms with Gasteiger partial charge in [-0.25, -0.2) is 0 Å². The molecule has 0 bridgehead atoms. The normalized spacial score (nSPS) is 17.5. The van der Waals surface area contributed by atoms with Crippen molar-refractivity contribution in [1.29, 1.82) is 0 Å². The van der Waals surface area contributed by atoms with Gasteiger partial charge in [-0.2, -0.15) is 0 Å². The Hall–Kier alpha value is -1.10. The van der Waals surface area contributed by atoms with Gasteiger partial charge in [0.05, 0.1) is 12.6 Å². The van der Waals surface area contributed by atoms with Gasteiger partial charge in [0.15, 0.2) is 0 Å². The van der Waals surface area contributed by atoms with Crippen molar-refractivity contribution in [3.05, 3.63) is 0 Å². The number of nitrogens with zero attached hydrogens (tertiary/aromatic N) is 1. The summed E-state index contributed by atoms with van der Waals surface area (Å²) >= 11 is 0.